The van der Waals surface area contributed by atoms with Gasteiger partial charge in [0.2, 0.25) is 5.91 Å². The first-order chi connectivity index (χ1) is 9.95. The van der Waals surface area contributed by atoms with Gasteiger partial charge in [-0.3, -0.25) is 14.9 Å². The topological polar surface area (TPSA) is 95.9 Å². The second kappa shape index (κ2) is 5.66. The summed E-state index contributed by atoms with van der Waals surface area (Å²) in [7, 11) is 0. The predicted molar refractivity (Wildman–Crippen MR) is 75.9 cm³/mol. The van der Waals surface area contributed by atoms with Crippen LogP contribution in [0.25, 0.3) is 5.57 Å². The molecule has 1 aliphatic rings. The van der Waals surface area contributed by atoms with Crippen molar-refractivity contribution >= 4 is 34.9 Å². The summed E-state index contributed by atoms with van der Waals surface area (Å²) in [5, 5.41) is 10.9. The molecule has 1 aliphatic heterocycles. The van der Waals surface area contributed by atoms with Gasteiger partial charge in [0, 0.05) is 18.2 Å². The highest BCUT2D eigenvalue weighted by Gasteiger charge is 2.35. The van der Waals surface area contributed by atoms with Crippen LogP contribution in [0.4, 0.5) is 16.2 Å². The van der Waals surface area contributed by atoms with Crippen molar-refractivity contribution in [2.24, 2.45) is 0 Å². The van der Waals surface area contributed by atoms with Crippen molar-refractivity contribution in [1.29, 1.82) is 0 Å². The molecule has 0 fully saturated rings. The number of fused-ring (bicyclic) bond motifs is 1. The number of amides is 3. The third-order valence-electron chi connectivity index (χ3n) is 2.90. The number of nitrogens with one attached hydrogen (secondary N) is 1. The van der Waals surface area contributed by atoms with Gasteiger partial charge in [0.15, 0.2) is 0 Å². The Balaban J connectivity index is 2.52. The zero-order chi connectivity index (χ0) is 15.6. The number of nitrogens with zero attached hydrogens (tertiary/aromatic N) is 1. The van der Waals surface area contributed by atoms with Gasteiger partial charge in [-0.2, -0.15) is 0 Å². The highest BCUT2D eigenvalue weighted by molar-refractivity contribution is 6.39. The van der Waals surface area contributed by atoms with Crippen LogP contribution < -0.4 is 10.2 Å². The average Bonchev–Trinajstić information content (AvgIpc) is 2.67. The number of carbonyl (C=O) groups is 3. The van der Waals surface area contributed by atoms with E-state index in [1.165, 1.54) is 31.4 Å². The molecule has 0 bridgehead atoms. The van der Waals surface area contributed by atoms with Gasteiger partial charge in [-0.25, -0.2) is 9.69 Å². The molecular weight excluding hydrogens is 276 g/mol. The number of hydrogen-bond donors (Lipinski definition) is 2. The Bertz CT molecular complexity index is 651. The first-order valence-electron chi connectivity index (χ1n) is 6.26. The highest BCUT2D eigenvalue weighted by Crippen LogP contribution is 2.38. The fourth-order valence-corrected chi connectivity index (χ4v) is 2.09. The fraction of sp³-hybridized carbons (Fsp3) is 0.214. The molecule has 0 spiro atoms. The lowest BCUT2D eigenvalue weighted by molar-refractivity contribution is -0.122. The zero-order valence-electron chi connectivity index (χ0n) is 11.5. The largest absolute Gasteiger partial charge is 0.501 e. The van der Waals surface area contributed by atoms with Crippen LogP contribution in [0.1, 0.15) is 19.4 Å². The maximum Gasteiger partial charge on any atom is 0.409 e. The van der Waals surface area contributed by atoms with Gasteiger partial charge >= 0.3 is 6.09 Å². The molecule has 0 atom stereocenters. The van der Waals surface area contributed by atoms with Crippen LogP contribution in [0, 0.1) is 0 Å². The van der Waals surface area contributed by atoms with E-state index in [0.717, 1.165) is 4.90 Å². The molecule has 7 nitrogen and oxygen atoms in total. The maximum atomic E-state index is 12.3. The Labute approximate surface area is 120 Å². The van der Waals surface area contributed by atoms with Crippen LogP contribution in [0.15, 0.2) is 24.5 Å². The Morgan fingerprint density at radius 1 is 1.43 bits per heavy atom. The number of carboxylic acid groups (broad SMARTS) is 1. The molecule has 1 heterocycles. The van der Waals surface area contributed by atoms with E-state index < -0.39 is 17.9 Å². The normalized spacial score (nSPS) is 15.0. The van der Waals surface area contributed by atoms with Gasteiger partial charge in [0.05, 0.1) is 24.1 Å². The zero-order valence-corrected chi connectivity index (χ0v) is 11.5. The predicted octanol–water partition coefficient (Wildman–Crippen LogP) is 2.05. The Morgan fingerprint density at radius 2 is 2.14 bits per heavy atom. The molecule has 21 heavy (non-hydrogen) atoms. The summed E-state index contributed by atoms with van der Waals surface area (Å²) in [6.07, 6.45) is 0.0762. The lowest BCUT2D eigenvalue weighted by atomic mass is 10.1. The van der Waals surface area contributed by atoms with Crippen molar-refractivity contribution in [2.45, 2.75) is 13.8 Å². The molecule has 1 aromatic carbocycles. The summed E-state index contributed by atoms with van der Waals surface area (Å²) in [5.41, 5.74) is 1.39. The smallest absolute Gasteiger partial charge is 0.409 e. The molecule has 0 unspecified atom stereocenters. The Kier molecular flexibility index (Phi) is 3.93. The van der Waals surface area contributed by atoms with Gasteiger partial charge in [-0.1, -0.05) is 0 Å². The number of ether oxygens (including phenoxy) is 1. The lowest BCUT2D eigenvalue weighted by Gasteiger charge is -2.12. The van der Waals surface area contributed by atoms with Crippen LogP contribution in [0.2, 0.25) is 0 Å². The van der Waals surface area contributed by atoms with Crippen LogP contribution in [-0.2, 0) is 14.3 Å². The van der Waals surface area contributed by atoms with E-state index in [1.54, 1.807) is 6.92 Å². The summed E-state index contributed by atoms with van der Waals surface area (Å²) in [5.74, 6) is -0.904. The molecule has 0 aromatic heterocycles. The van der Waals surface area contributed by atoms with Gasteiger partial charge in [0.1, 0.15) is 0 Å². The Morgan fingerprint density at radius 3 is 2.71 bits per heavy atom. The molecule has 3 amide bonds. The molecule has 0 aliphatic carbocycles. The molecule has 2 N–H and O–H groups in total. The first-order valence-corrected chi connectivity index (χ1v) is 6.26. The van der Waals surface area contributed by atoms with Gasteiger partial charge in [0.25, 0.3) is 5.91 Å². The van der Waals surface area contributed by atoms with E-state index in [-0.39, 0.29) is 5.57 Å². The lowest BCUT2D eigenvalue weighted by Crippen LogP contribution is -2.31. The Hall–Kier alpha value is -2.83. The van der Waals surface area contributed by atoms with Gasteiger partial charge < -0.3 is 9.84 Å². The van der Waals surface area contributed by atoms with Crippen molar-refractivity contribution < 1.29 is 24.2 Å². The number of imide groups is 1. The number of anilines is 2. The quantitative estimate of drug-likeness (QED) is 0.656. The molecular formula is C14H14N2O5. The second-order valence-corrected chi connectivity index (χ2v) is 4.31. The molecule has 0 saturated carbocycles. The second-order valence-electron chi connectivity index (χ2n) is 4.31. The highest BCUT2D eigenvalue weighted by atomic mass is 16.5. The van der Waals surface area contributed by atoms with E-state index in [9.17, 15) is 14.4 Å². The number of carbonyl (C=O) groups excluding carboxylic acids is 2. The molecule has 2 rings (SSSR count). The minimum Gasteiger partial charge on any atom is -0.501 e. The average molecular weight is 290 g/mol. The fourth-order valence-electron chi connectivity index (χ4n) is 2.09. The van der Waals surface area contributed by atoms with E-state index >= 15 is 0 Å². The molecule has 7 heteroatoms. The summed E-state index contributed by atoms with van der Waals surface area (Å²) < 4.78 is 5.14. The number of rotatable bonds is 3. The van der Waals surface area contributed by atoms with Gasteiger partial charge in [-0.05, 0) is 25.1 Å². The minimum atomic E-state index is -1.21. The summed E-state index contributed by atoms with van der Waals surface area (Å²) >= 11 is 0. The third kappa shape index (κ3) is 2.71. The summed E-state index contributed by atoms with van der Waals surface area (Å²) in [4.78, 5) is 35.6. The number of benzene rings is 1. The van der Waals surface area contributed by atoms with Crippen molar-refractivity contribution in [3.63, 3.8) is 0 Å². The van der Waals surface area contributed by atoms with Crippen molar-refractivity contribution in [1.82, 2.24) is 0 Å². The van der Waals surface area contributed by atoms with Crippen LogP contribution in [-0.4, -0.2) is 29.6 Å². The van der Waals surface area contributed by atoms with E-state index in [0.29, 0.717) is 23.5 Å². The minimum absolute atomic E-state index is 0.219. The summed E-state index contributed by atoms with van der Waals surface area (Å²) in [6, 6.07) is 4.50. The van der Waals surface area contributed by atoms with E-state index in [4.69, 9.17) is 9.84 Å². The standard InChI is InChI=1S/C14H14N2O5/c1-3-21-7-11-10-6-9(15-14(19)20)4-5-12(10)16(8(2)17)13(11)18/h4-7,15H,3H2,1-2H3,(H,19,20). The van der Waals surface area contributed by atoms with E-state index in [1.807, 2.05) is 0 Å². The van der Waals surface area contributed by atoms with Gasteiger partial charge in [-0.15, -0.1) is 0 Å². The SMILES string of the molecule is CCOC=C1C(=O)N(C(C)=O)c2ccc(NC(=O)O)cc21. The number of hydrogen-bond acceptors (Lipinski definition) is 4. The van der Waals surface area contributed by atoms with Crippen molar-refractivity contribution in [2.75, 3.05) is 16.8 Å². The van der Waals surface area contributed by atoms with E-state index in [2.05, 4.69) is 5.32 Å². The van der Waals surface area contributed by atoms with Crippen molar-refractivity contribution in [3.8, 4) is 0 Å². The molecule has 0 saturated heterocycles. The summed E-state index contributed by atoms with van der Waals surface area (Å²) in [6.45, 7) is 3.43. The van der Waals surface area contributed by atoms with Crippen molar-refractivity contribution in [3.05, 3.63) is 30.0 Å². The van der Waals surface area contributed by atoms with Crippen LogP contribution in [0.3, 0.4) is 0 Å². The maximum absolute atomic E-state index is 12.3. The molecule has 0 radical (unpaired) electrons. The van der Waals surface area contributed by atoms with Crippen LogP contribution >= 0.6 is 0 Å². The third-order valence-corrected chi connectivity index (χ3v) is 2.90. The van der Waals surface area contributed by atoms with Crippen LogP contribution in [0.5, 0.6) is 0 Å². The monoisotopic (exact) mass is 290 g/mol. The first kappa shape index (κ1) is 14.6. The molecule has 110 valence electrons. The molecule has 1 aromatic rings.